The van der Waals surface area contributed by atoms with E-state index in [4.69, 9.17) is 23.7 Å². The summed E-state index contributed by atoms with van der Waals surface area (Å²) in [4.78, 5) is 32.2. The SMILES string of the molecule is CCOC(=O)C1=C(C)N=c2s/c(=C\c3cc4c(cc3C)OCO4)c(=O)n2C1c1cc(OC)ccc1OC. The van der Waals surface area contributed by atoms with Crippen LogP contribution in [-0.4, -0.2) is 38.2 Å². The largest absolute Gasteiger partial charge is 0.497 e. The van der Waals surface area contributed by atoms with E-state index in [1.165, 1.54) is 23.0 Å². The Bertz CT molecular complexity index is 1620. The number of aromatic nitrogens is 1. The van der Waals surface area contributed by atoms with E-state index in [1.807, 2.05) is 25.1 Å². The molecule has 0 N–H and O–H groups in total. The molecular weight excluding hydrogens is 496 g/mol. The minimum absolute atomic E-state index is 0.165. The third kappa shape index (κ3) is 4.27. The molecular formula is C27H26N2O7S. The Morgan fingerprint density at radius 2 is 1.92 bits per heavy atom. The van der Waals surface area contributed by atoms with Gasteiger partial charge in [0.1, 0.15) is 17.5 Å². The lowest BCUT2D eigenvalue weighted by Crippen LogP contribution is -2.40. The molecule has 0 bridgehead atoms. The van der Waals surface area contributed by atoms with Crippen LogP contribution in [0.5, 0.6) is 23.0 Å². The number of esters is 1. The van der Waals surface area contributed by atoms with Gasteiger partial charge in [-0.05, 0) is 68.3 Å². The standard InChI is InChI=1S/C27H26N2O7S/c1-6-34-26(31)23-15(3)28-27-29(24(23)18-12-17(32-4)7-8-19(18)33-5)25(30)22(37-27)11-16-10-21-20(9-14(16)2)35-13-36-21/h7-12,24H,6,13H2,1-5H3/b22-11-. The Balaban J connectivity index is 1.76. The quantitative estimate of drug-likeness (QED) is 0.459. The summed E-state index contributed by atoms with van der Waals surface area (Å²) in [6.45, 7) is 5.77. The van der Waals surface area contributed by atoms with Gasteiger partial charge in [-0.15, -0.1) is 0 Å². The molecule has 0 amide bonds. The molecule has 2 aromatic carbocycles. The number of hydrogen-bond acceptors (Lipinski definition) is 9. The van der Waals surface area contributed by atoms with Crippen LogP contribution in [0.2, 0.25) is 0 Å². The van der Waals surface area contributed by atoms with Gasteiger partial charge in [0.2, 0.25) is 6.79 Å². The Morgan fingerprint density at radius 3 is 2.62 bits per heavy atom. The smallest absolute Gasteiger partial charge is 0.338 e. The van der Waals surface area contributed by atoms with Crippen molar-refractivity contribution in [3.8, 4) is 23.0 Å². The van der Waals surface area contributed by atoms with Gasteiger partial charge in [0.05, 0.1) is 36.6 Å². The molecule has 1 unspecified atom stereocenters. The second-order valence-electron chi connectivity index (χ2n) is 8.47. The van der Waals surface area contributed by atoms with Crippen molar-refractivity contribution in [3.05, 3.63) is 78.0 Å². The maximum atomic E-state index is 13.9. The number of allylic oxidation sites excluding steroid dienone is 1. The van der Waals surface area contributed by atoms with Crippen LogP contribution in [-0.2, 0) is 9.53 Å². The van der Waals surface area contributed by atoms with Gasteiger partial charge in [-0.2, -0.15) is 0 Å². The van der Waals surface area contributed by atoms with E-state index < -0.39 is 12.0 Å². The predicted molar refractivity (Wildman–Crippen MR) is 137 cm³/mol. The fraction of sp³-hybridized carbons (Fsp3) is 0.296. The number of nitrogens with zero attached hydrogens (tertiary/aromatic N) is 2. The summed E-state index contributed by atoms with van der Waals surface area (Å²) < 4.78 is 29.4. The highest BCUT2D eigenvalue weighted by Gasteiger charge is 2.35. The van der Waals surface area contributed by atoms with Crippen molar-refractivity contribution in [2.45, 2.75) is 26.8 Å². The molecule has 1 aromatic heterocycles. The summed E-state index contributed by atoms with van der Waals surface area (Å²) in [5.74, 6) is 1.83. The van der Waals surface area contributed by atoms with Gasteiger partial charge in [0.25, 0.3) is 5.56 Å². The molecule has 1 atom stereocenters. The second kappa shape index (κ2) is 9.78. The van der Waals surface area contributed by atoms with Crippen LogP contribution in [0.1, 0.15) is 36.6 Å². The number of thiazole rings is 1. The lowest BCUT2D eigenvalue weighted by atomic mass is 9.94. The maximum Gasteiger partial charge on any atom is 0.338 e. The zero-order valence-electron chi connectivity index (χ0n) is 21.1. The molecule has 3 aromatic rings. The number of rotatable bonds is 6. The first-order chi connectivity index (χ1) is 17.9. The molecule has 3 heterocycles. The lowest BCUT2D eigenvalue weighted by molar-refractivity contribution is -0.139. The predicted octanol–water partition coefficient (Wildman–Crippen LogP) is 2.85. The molecule has 0 aliphatic carbocycles. The van der Waals surface area contributed by atoms with Crippen LogP contribution in [0.15, 0.2) is 51.4 Å². The normalized spacial score (nSPS) is 16.4. The Labute approximate surface area is 216 Å². The summed E-state index contributed by atoms with van der Waals surface area (Å²) in [6, 6.07) is 8.19. The molecule has 0 saturated carbocycles. The zero-order valence-corrected chi connectivity index (χ0v) is 21.9. The Hall–Kier alpha value is -4.05. The van der Waals surface area contributed by atoms with Crippen molar-refractivity contribution in [3.63, 3.8) is 0 Å². The highest BCUT2D eigenvalue weighted by Crippen LogP contribution is 2.38. The average Bonchev–Trinajstić information content (AvgIpc) is 3.46. The Morgan fingerprint density at radius 1 is 1.16 bits per heavy atom. The van der Waals surface area contributed by atoms with Gasteiger partial charge in [0, 0.05) is 5.56 Å². The first kappa shape index (κ1) is 24.6. The van der Waals surface area contributed by atoms with Crippen molar-refractivity contribution in [1.82, 2.24) is 4.57 Å². The van der Waals surface area contributed by atoms with Gasteiger partial charge in [-0.3, -0.25) is 9.36 Å². The zero-order chi connectivity index (χ0) is 26.3. The van der Waals surface area contributed by atoms with Crippen molar-refractivity contribution >= 4 is 23.4 Å². The molecule has 0 spiro atoms. The van der Waals surface area contributed by atoms with Crippen LogP contribution >= 0.6 is 11.3 Å². The molecule has 37 heavy (non-hydrogen) atoms. The minimum atomic E-state index is -0.819. The van der Waals surface area contributed by atoms with Crippen LogP contribution in [0.3, 0.4) is 0 Å². The first-order valence-corrected chi connectivity index (χ1v) is 12.5. The monoisotopic (exact) mass is 522 g/mol. The highest BCUT2D eigenvalue weighted by molar-refractivity contribution is 7.07. The second-order valence-corrected chi connectivity index (χ2v) is 9.48. The van der Waals surface area contributed by atoms with E-state index in [1.54, 1.807) is 39.2 Å². The van der Waals surface area contributed by atoms with Gasteiger partial charge in [-0.1, -0.05) is 11.3 Å². The average molecular weight is 523 g/mol. The Kier molecular flexibility index (Phi) is 6.51. The third-order valence-corrected chi connectivity index (χ3v) is 7.28. The van der Waals surface area contributed by atoms with E-state index in [9.17, 15) is 9.59 Å². The first-order valence-electron chi connectivity index (χ1n) is 11.7. The number of carbonyl (C=O) groups is 1. The number of hydrogen-bond donors (Lipinski definition) is 0. The molecule has 192 valence electrons. The number of aryl methyl sites for hydroxylation is 1. The van der Waals surface area contributed by atoms with E-state index in [-0.39, 0.29) is 24.5 Å². The summed E-state index contributed by atoms with van der Waals surface area (Å²) in [5.41, 5.74) is 2.80. The summed E-state index contributed by atoms with van der Waals surface area (Å²) in [5, 5.41) is 0. The number of ether oxygens (including phenoxy) is 5. The lowest BCUT2D eigenvalue weighted by Gasteiger charge is -2.26. The topological polar surface area (TPSA) is 97.6 Å². The molecule has 2 aliphatic rings. The fourth-order valence-corrected chi connectivity index (χ4v) is 5.53. The molecule has 0 saturated heterocycles. The molecule has 10 heteroatoms. The van der Waals surface area contributed by atoms with Crippen LogP contribution in [0, 0.1) is 6.92 Å². The van der Waals surface area contributed by atoms with Crippen molar-refractivity contribution in [2.24, 2.45) is 4.99 Å². The highest BCUT2D eigenvalue weighted by atomic mass is 32.1. The molecule has 9 nitrogen and oxygen atoms in total. The fourth-order valence-electron chi connectivity index (χ4n) is 4.49. The van der Waals surface area contributed by atoms with E-state index in [0.717, 1.165) is 11.1 Å². The van der Waals surface area contributed by atoms with Crippen molar-refractivity contribution < 1.29 is 28.5 Å². The number of fused-ring (bicyclic) bond motifs is 2. The van der Waals surface area contributed by atoms with E-state index in [2.05, 4.69) is 4.99 Å². The summed E-state index contributed by atoms with van der Waals surface area (Å²) >= 11 is 1.25. The minimum Gasteiger partial charge on any atom is -0.497 e. The summed E-state index contributed by atoms with van der Waals surface area (Å²) in [7, 11) is 3.09. The van der Waals surface area contributed by atoms with Crippen LogP contribution in [0.4, 0.5) is 0 Å². The third-order valence-electron chi connectivity index (χ3n) is 6.30. The molecule has 0 radical (unpaired) electrons. The molecule has 0 fully saturated rings. The van der Waals surface area contributed by atoms with Gasteiger partial charge in [0.15, 0.2) is 16.3 Å². The van der Waals surface area contributed by atoms with E-state index in [0.29, 0.717) is 43.6 Å². The summed E-state index contributed by atoms with van der Waals surface area (Å²) in [6.07, 6.45) is 1.81. The number of benzene rings is 2. The van der Waals surface area contributed by atoms with Gasteiger partial charge >= 0.3 is 5.97 Å². The van der Waals surface area contributed by atoms with Crippen LogP contribution < -0.4 is 33.8 Å². The number of methoxy groups -OCH3 is 2. The number of carbonyl (C=O) groups excluding carboxylic acids is 1. The van der Waals surface area contributed by atoms with E-state index >= 15 is 0 Å². The van der Waals surface area contributed by atoms with Gasteiger partial charge in [-0.25, -0.2) is 9.79 Å². The maximum absolute atomic E-state index is 13.9. The van der Waals surface area contributed by atoms with Gasteiger partial charge < -0.3 is 23.7 Å². The molecule has 5 rings (SSSR count). The van der Waals surface area contributed by atoms with Crippen LogP contribution in [0.25, 0.3) is 6.08 Å². The van der Waals surface area contributed by atoms with Crippen molar-refractivity contribution in [1.29, 1.82) is 0 Å². The molecule has 2 aliphatic heterocycles. The van der Waals surface area contributed by atoms with Crippen molar-refractivity contribution in [2.75, 3.05) is 27.6 Å².